The lowest BCUT2D eigenvalue weighted by atomic mass is 9.85. The molecular weight excluding hydrogens is 369 g/mol. The number of hydrogen-bond donors (Lipinski definition) is 1. The molecule has 152 valence electrons. The maximum atomic E-state index is 13.4. The van der Waals surface area contributed by atoms with Gasteiger partial charge in [0.25, 0.3) is 5.91 Å². The second-order valence-corrected chi connectivity index (χ2v) is 8.00. The topological polar surface area (TPSA) is 62.3 Å². The Kier molecular flexibility index (Phi) is 5.88. The van der Waals surface area contributed by atoms with Crippen molar-refractivity contribution in [3.63, 3.8) is 0 Å². The van der Waals surface area contributed by atoms with Crippen LogP contribution in [0.3, 0.4) is 0 Å². The number of likely N-dealkylation sites (tertiary alicyclic amines) is 1. The van der Waals surface area contributed by atoms with E-state index in [1.165, 1.54) is 18.3 Å². The highest BCUT2D eigenvalue weighted by atomic mass is 19.1. The van der Waals surface area contributed by atoms with Gasteiger partial charge in [-0.15, -0.1) is 0 Å². The van der Waals surface area contributed by atoms with Gasteiger partial charge in [-0.1, -0.05) is 12.1 Å². The predicted molar refractivity (Wildman–Crippen MR) is 109 cm³/mol. The third kappa shape index (κ3) is 4.63. The van der Waals surface area contributed by atoms with Crippen LogP contribution >= 0.6 is 0 Å². The maximum absolute atomic E-state index is 13.4. The van der Waals surface area contributed by atoms with Crippen molar-refractivity contribution in [3.05, 3.63) is 54.0 Å². The Hall–Kier alpha value is -2.76. The summed E-state index contributed by atoms with van der Waals surface area (Å²) in [5, 5.41) is 3.07. The van der Waals surface area contributed by atoms with Gasteiger partial charge >= 0.3 is 0 Å². The minimum atomic E-state index is -0.315. The van der Waals surface area contributed by atoms with E-state index in [1.54, 1.807) is 24.3 Å². The third-order valence-corrected chi connectivity index (χ3v) is 5.98. The number of amides is 2. The Bertz CT molecular complexity index is 870. The Labute approximate surface area is 170 Å². The van der Waals surface area contributed by atoms with Crippen LogP contribution in [-0.4, -0.2) is 40.8 Å². The van der Waals surface area contributed by atoms with Crippen molar-refractivity contribution in [1.82, 2.24) is 15.2 Å². The van der Waals surface area contributed by atoms with Gasteiger partial charge in [0.1, 0.15) is 5.82 Å². The van der Waals surface area contributed by atoms with Crippen LogP contribution in [0.15, 0.2) is 42.6 Å². The number of aromatic nitrogens is 1. The Morgan fingerprint density at radius 3 is 2.45 bits per heavy atom. The van der Waals surface area contributed by atoms with Crippen molar-refractivity contribution < 1.29 is 14.0 Å². The minimum Gasteiger partial charge on any atom is -0.349 e. The maximum Gasteiger partial charge on any atom is 0.253 e. The molecule has 29 heavy (non-hydrogen) atoms. The van der Waals surface area contributed by atoms with E-state index in [0.717, 1.165) is 51.6 Å². The molecule has 0 bridgehead atoms. The summed E-state index contributed by atoms with van der Waals surface area (Å²) in [5.41, 5.74) is 1.79. The first-order valence-electron chi connectivity index (χ1n) is 10.4. The molecule has 1 aliphatic heterocycles. The fourth-order valence-corrected chi connectivity index (χ4v) is 4.30. The Morgan fingerprint density at radius 1 is 1.03 bits per heavy atom. The van der Waals surface area contributed by atoms with E-state index in [0.29, 0.717) is 22.7 Å². The SMILES string of the molecule is O=C(N[C@H]1CC[C@H](C(=O)N2CCCC2)CC1)c1ccc(-c2cccc(F)c2)nc1. The molecule has 1 saturated carbocycles. The van der Waals surface area contributed by atoms with Crippen LogP contribution in [0.5, 0.6) is 0 Å². The van der Waals surface area contributed by atoms with E-state index >= 15 is 0 Å². The summed E-state index contributed by atoms with van der Waals surface area (Å²) in [6.45, 7) is 1.79. The average molecular weight is 395 g/mol. The van der Waals surface area contributed by atoms with Crippen molar-refractivity contribution >= 4 is 11.8 Å². The van der Waals surface area contributed by atoms with E-state index in [2.05, 4.69) is 10.3 Å². The second-order valence-electron chi connectivity index (χ2n) is 8.00. The molecule has 1 aliphatic carbocycles. The quantitative estimate of drug-likeness (QED) is 0.857. The van der Waals surface area contributed by atoms with Gasteiger partial charge in [0.05, 0.1) is 11.3 Å². The first-order chi connectivity index (χ1) is 14.1. The van der Waals surface area contributed by atoms with E-state index in [1.807, 2.05) is 4.90 Å². The molecule has 5 nitrogen and oxygen atoms in total. The lowest BCUT2D eigenvalue weighted by Gasteiger charge is -2.30. The van der Waals surface area contributed by atoms with Gasteiger partial charge in [-0.25, -0.2) is 4.39 Å². The number of hydrogen-bond acceptors (Lipinski definition) is 3. The molecule has 0 radical (unpaired) electrons. The number of halogens is 1. The zero-order valence-electron chi connectivity index (χ0n) is 16.4. The van der Waals surface area contributed by atoms with Crippen LogP contribution in [0.2, 0.25) is 0 Å². The highest BCUT2D eigenvalue weighted by Crippen LogP contribution is 2.27. The van der Waals surface area contributed by atoms with Crippen LogP contribution < -0.4 is 5.32 Å². The van der Waals surface area contributed by atoms with Gasteiger partial charge < -0.3 is 10.2 Å². The fourth-order valence-electron chi connectivity index (χ4n) is 4.30. The number of rotatable bonds is 4. The molecule has 1 saturated heterocycles. The first kappa shape index (κ1) is 19.6. The normalized spacial score (nSPS) is 21.8. The van der Waals surface area contributed by atoms with Gasteiger partial charge in [0.15, 0.2) is 0 Å². The standard InChI is InChI=1S/C23H26FN3O2/c24-19-5-3-4-17(14-19)21-11-8-18(15-25-21)22(28)26-20-9-6-16(7-10-20)23(29)27-12-1-2-13-27/h3-5,8,11,14-16,20H,1-2,6-7,9-10,12-13H2,(H,26,28)/t16-,20-. The molecule has 2 heterocycles. The molecule has 1 aromatic carbocycles. The molecule has 6 heteroatoms. The van der Waals surface area contributed by atoms with Crippen molar-refractivity contribution in [3.8, 4) is 11.3 Å². The van der Waals surface area contributed by atoms with E-state index in [-0.39, 0.29) is 23.7 Å². The van der Waals surface area contributed by atoms with Crippen LogP contribution in [-0.2, 0) is 4.79 Å². The zero-order chi connectivity index (χ0) is 20.2. The Balaban J connectivity index is 1.30. The van der Waals surface area contributed by atoms with Crippen molar-refractivity contribution in [2.45, 2.75) is 44.6 Å². The first-order valence-corrected chi connectivity index (χ1v) is 10.4. The van der Waals surface area contributed by atoms with Crippen LogP contribution in [0.25, 0.3) is 11.3 Å². The van der Waals surface area contributed by atoms with Crippen molar-refractivity contribution in [2.24, 2.45) is 5.92 Å². The second kappa shape index (κ2) is 8.72. The molecule has 2 aromatic rings. The molecule has 0 spiro atoms. The largest absolute Gasteiger partial charge is 0.349 e. The van der Waals surface area contributed by atoms with Gasteiger partial charge in [-0.3, -0.25) is 14.6 Å². The summed E-state index contributed by atoms with van der Waals surface area (Å²) in [5.74, 6) is -0.0690. The summed E-state index contributed by atoms with van der Waals surface area (Å²) in [4.78, 5) is 31.4. The van der Waals surface area contributed by atoms with Gasteiger partial charge in [0, 0.05) is 36.8 Å². The number of benzene rings is 1. The molecule has 2 aliphatic rings. The lowest BCUT2D eigenvalue weighted by molar-refractivity contribution is -0.135. The van der Waals surface area contributed by atoms with E-state index in [4.69, 9.17) is 0 Å². The molecule has 1 N–H and O–H groups in total. The fraction of sp³-hybridized carbons (Fsp3) is 0.435. The number of nitrogens with zero attached hydrogens (tertiary/aromatic N) is 2. The lowest BCUT2D eigenvalue weighted by Crippen LogP contribution is -2.41. The molecule has 1 aromatic heterocycles. The minimum absolute atomic E-state index is 0.0908. The number of nitrogens with one attached hydrogen (secondary N) is 1. The number of pyridine rings is 1. The average Bonchev–Trinajstić information content (AvgIpc) is 3.29. The highest BCUT2D eigenvalue weighted by Gasteiger charge is 2.31. The van der Waals surface area contributed by atoms with Crippen LogP contribution in [0, 0.1) is 11.7 Å². The Morgan fingerprint density at radius 2 is 1.79 bits per heavy atom. The van der Waals surface area contributed by atoms with Crippen LogP contribution in [0.4, 0.5) is 4.39 Å². The number of carbonyl (C=O) groups is 2. The van der Waals surface area contributed by atoms with E-state index in [9.17, 15) is 14.0 Å². The number of carbonyl (C=O) groups excluding carboxylic acids is 2. The molecule has 2 amide bonds. The molecule has 4 rings (SSSR count). The summed E-state index contributed by atoms with van der Waals surface area (Å²) >= 11 is 0. The molecule has 0 atom stereocenters. The molecule has 2 fully saturated rings. The van der Waals surface area contributed by atoms with Gasteiger partial charge in [-0.05, 0) is 62.8 Å². The van der Waals surface area contributed by atoms with Crippen LogP contribution in [0.1, 0.15) is 48.9 Å². The summed E-state index contributed by atoms with van der Waals surface area (Å²) in [6.07, 6.45) is 7.06. The zero-order valence-corrected chi connectivity index (χ0v) is 16.4. The monoisotopic (exact) mass is 395 g/mol. The molecular formula is C23H26FN3O2. The van der Waals surface area contributed by atoms with Gasteiger partial charge in [0.2, 0.25) is 5.91 Å². The summed E-state index contributed by atoms with van der Waals surface area (Å²) < 4.78 is 13.4. The van der Waals surface area contributed by atoms with E-state index < -0.39 is 0 Å². The third-order valence-electron chi connectivity index (χ3n) is 5.98. The van der Waals surface area contributed by atoms with Crippen molar-refractivity contribution in [1.29, 1.82) is 0 Å². The highest BCUT2D eigenvalue weighted by molar-refractivity contribution is 5.94. The summed E-state index contributed by atoms with van der Waals surface area (Å²) in [6, 6.07) is 9.77. The van der Waals surface area contributed by atoms with Crippen molar-refractivity contribution in [2.75, 3.05) is 13.1 Å². The molecule has 0 unspecified atom stereocenters. The summed E-state index contributed by atoms with van der Waals surface area (Å²) in [7, 11) is 0. The smallest absolute Gasteiger partial charge is 0.253 e. The van der Waals surface area contributed by atoms with Gasteiger partial charge in [-0.2, -0.15) is 0 Å². The predicted octanol–water partition coefficient (Wildman–Crippen LogP) is 3.80.